The number of fused-ring (bicyclic) bond motifs is 1. The number of hydrogen-bond donors (Lipinski definition) is 1. The summed E-state index contributed by atoms with van der Waals surface area (Å²) < 4.78 is 1.18. The first-order valence-corrected chi connectivity index (χ1v) is 9.56. The van der Waals surface area contributed by atoms with Crippen molar-refractivity contribution in [2.45, 2.75) is 26.4 Å². The molecule has 1 aliphatic heterocycles. The third kappa shape index (κ3) is 3.64. The molecule has 1 aliphatic rings. The van der Waals surface area contributed by atoms with Crippen molar-refractivity contribution in [2.24, 2.45) is 0 Å². The molecule has 3 aromatic rings. The zero-order chi connectivity index (χ0) is 18.1. The quantitative estimate of drug-likeness (QED) is 0.654. The highest BCUT2D eigenvalue weighted by molar-refractivity contribution is 9.10. The van der Waals surface area contributed by atoms with Gasteiger partial charge in [-0.05, 0) is 48.4 Å². The van der Waals surface area contributed by atoms with E-state index in [1.54, 1.807) is 0 Å². The highest BCUT2D eigenvalue weighted by Gasteiger charge is 2.19. The second kappa shape index (κ2) is 7.17. The normalized spacial score (nSPS) is 14.2. The van der Waals surface area contributed by atoms with E-state index in [9.17, 15) is 0 Å². The topological polar surface area (TPSA) is 55.0 Å². The van der Waals surface area contributed by atoms with Crippen LogP contribution in [0.5, 0.6) is 0 Å². The Labute approximate surface area is 162 Å². The molecule has 4 nitrogen and oxygen atoms in total. The highest BCUT2D eigenvalue weighted by Crippen LogP contribution is 2.25. The number of nitrogens with zero attached hydrogens (tertiary/aromatic N) is 3. The Morgan fingerprint density at radius 3 is 2.73 bits per heavy atom. The Bertz CT molecular complexity index is 937. The van der Waals surface area contributed by atoms with E-state index in [2.05, 4.69) is 50.9 Å². The lowest BCUT2D eigenvalue weighted by Gasteiger charge is -2.28. The first kappa shape index (κ1) is 17.2. The van der Waals surface area contributed by atoms with Gasteiger partial charge >= 0.3 is 0 Å². The standard InChI is InChI=1S/C21H21BrN4/c1-14-2-3-16(19(22)10-14)12-26-9-8-20-17(13-26)11-24-21(25-20)15-4-6-18(23)7-5-15/h2-7,10-11H,8-9,12-13,23H2,1H3. The molecule has 4 rings (SSSR count). The second-order valence-electron chi connectivity index (χ2n) is 6.84. The number of nitrogens with two attached hydrogens (primary N) is 1. The summed E-state index contributed by atoms with van der Waals surface area (Å²) in [5, 5.41) is 0. The van der Waals surface area contributed by atoms with Gasteiger partial charge in [0.25, 0.3) is 0 Å². The van der Waals surface area contributed by atoms with Crippen LogP contribution in [0.15, 0.2) is 53.1 Å². The number of hydrogen-bond acceptors (Lipinski definition) is 4. The van der Waals surface area contributed by atoms with E-state index >= 15 is 0 Å². The van der Waals surface area contributed by atoms with Gasteiger partial charge in [0.1, 0.15) is 0 Å². The number of aromatic nitrogens is 2. The molecule has 0 saturated carbocycles. The van der Waals surface area contributed by atoms with Gasteiger partial charge in [0.15, 0.2) is 5.82 Å². The summed E-state index contributed by atoms with van der Waals surface area (Å²) in [7, 11) is 0. The summed E-state index contributed by atoms with van der Waals surface area (Å²) in [4.78, 5) is 11.8. The first-order valence-electron chi connectivity index (χ1n) is 8.76. The van der Waals surface area contributed by atoms with Crippen molar-refractivity contribution in [1.82, 2.24) is 14.9 Å². The Balaban J connectivity index is 1.51. The van der Waals surface area contributed by atoms with E-state index < -0.39 is 0 Å². The molecule has 2 heterocycles. The fourth-order valence-corrected chi connectivity index (χ4v) is 3.92. The number of nitrogen functional groups attached to an aromatic ring is 1. The van der Waals surface area contributed by atoms with Crippen molar-refractivity contribution >= 4 is 21.6 Å². The third-order valence-electron chi connectivity index (χ3n) is 4.78. The smallest absolute Gasteiger partial charge is 0.159 e. The van der Waals surface area contributed by atoms with Gasteiger partial charge in [-0.3, -0.25) is 4.90 Å². The van der Waals surface area contributed by atoms with Crippen molar-refractivity contribution < 1.29 is 0 Å². The van der Waals surface area contributed by atoms with Crippen LogP contribution in [0.1, 0.15) is 22.4 Å². The van der Waals surface area contributed by atoms with E-state index in [-0.39, 0.29) is 0 Å². The lowest BCUT2D eigenvalue weighted by molar-refractivity contribution is 0.242. The maximum Gasteiger partial charge on any atom is 0.159 e. The highest BCUT2D eigenvalue weighted by atomic mass is 79.9. The molecule has 0 spiro atoms. The van der Waals surface area contributed by atoms with Crippen LogP contribution in [0.25, 0.3) is 11.4 Å². The summed E-state index contributed by atoms with van der Waals surface area (Å²) in [5.74, 6) is 0.776. The summed E-state index contributed by atoms with van der Waals surface area (Å²) >= 11 is 3.69. The monoisotopic (exact) mass is 408 g/mol. The molecular formula is C21H21BrN4. The number of rotatable bonds is 3. The molecule has 2 aromatic carbocycles. The summed E-state index contributed by atoms with van der Waals surface area (Å²) in [5.41, 5.74) is 12.5. The van der Waals surface area contributed by atoms with Crippen molar-refractivity contribution in [3.8, 4) is 11.4 Å². The van der Waals surface area contributed by atoms with E-state index in [0.717, 1.165) is 48.8 Å². The van der Waals surface area contributed by atoms with Gasteiger partial charge in [0, 0.05) is 53.5 Å². The van der Waals surface area contributed by atoms with Crippen molar-refractivity contribution in [3.05, 3.63) is 75.5 Å². The number of aryl methyl sites for hydroxylation is 1. The minimum absolute atomic E-state index is 0.754. The maximum absolute atomic E-state index is 5.76. The molecule has 0 atom stereocenters. The van der Waals surface area contributed by atoms with Gasteiger partial charge < -0.3 is 5.73 Å². The predicted molar refractivity (Wildman–Crippen MR) is 109 cm³/mol. The van der Waals surface area contributed by atoms with Gasteiger partial charge in [-0.1, -0.05) is 28.1 Å². The summed E-state index contributed by atoms with van der Waals surface area (Å²) in [6.07, 6.45) is 2.92. The van der Waals surface area contributed by atoms with Crippen LogP contribution in [-0.2, 0) is 19.5 Å². The van der Waals surface area contributed by atoms with Crippen LogP contribution in [0.3, 0.4) is 0 Å². The second-order valence-corrected chi connectivity index (χ2v) is 7.70. The molecule has 0 amide bonds. The average Bonchev–Trinajstić information content (AvgIpc) is 2.64. The molecule has 5 heteroatoms. The molecule has 2 N–H and O–H groups in total. The van der Waals surface area contributed by atoms with Gasteiger partial charge in [-0.25, -0.2) is 9.97 Å². The molecule has 0 aliphatic carbocycles. The lowest BCUT2D eigenvalue weighted by atomic mass is 10.1. The van der Waals surface area contributed by atoms with E-state index in [0.29, 0.717) is 0 Å². The molecule has 0 unspecified atom stereocenters. The van der Waals surface area contributed by atoms with E-state index in [4.69, 9.17) is 10.7 Å². The fraction of sp³-hybridized carbons (Fsp3) is 0.238. The minimum atomic E-state index is 0.754. The van der Waals surface area contributed by atoms with Crippen LogP contribution in [0, 0.1) is 6.92 Å². The minimum Gasteiger partial charge on any atom is -0.399 e. The molecule has 1 aromatic heterocycles. The van der Waals surface area contributed by atoms with Gasteiger partial charge in [-0.2, -0.15) is 0 Å². The number of anilines is 1. The Morgan fingerprint density at radius 1 is 1.15 bits per heavy atom. The van der Waals surface area contributed by atoms with E-state index in [1.807, 2.05) is 30.5 Å². The Kier molecular flexibility index (Phi) is 4.74. The van der Waals surface area contributed by atoms with Crippen LogP contribution in [0.2, 0.25) is 0 Å². The molecule has 132 valence electrons. The van der Waals surface area contributed by atoms with Crippen molar-refractivity contribution in [1.29, 1.82) is 0 Å². The molecule has 0 radical (unpaired) electrons. The Morgan fingerprint density at radius 2 is 1.96 bits per heavy atom. The third-order valence-corrected chi connectivity index (χ3v) is 5.52. The largest absolute Gasteiger partial charge is 0.399 e. The van der Waals surface area contributed by atoms with Gasteiger partial charge in [0.05, 0.1) is 5.69 Å². The fourth-order valence-electron chi connectivity index (χ4n) is 3.30. The number of benzene rings is 2. The Hall–Kier alpha value is -2.24. The molecule has 26 heavy (non-hydrogen) atoms. The van der Waals surface area contributed by atoms with Crippen LogP contribution < -0.4 is 5.73 Å². The zero-order valence-electron chi connectivity index (χ0n) is 14.7. The summed E-state index contributed by atoms with van der Waals surface area (Å²) in [6, 6.07) is 14.3. The van der Waals surface area contributed by atoms with Crippen molar-refractivity contribution in [2.75, 3.05) is 12.3 Å². The number of halogens is 1. The zero-order valence-corrected chi connectivity index (χ0v) is 16.3. The average molecular weight is 409 g/mol. The SMILES string of the molecule is Cc1ccc(CN2CCc3nc(-c4ccc(N)cc4)ncc3C2)c(Br)c1. The molecule has 0 saturated heterocycles. The van der Waals surface area contributed by atoms with Gasteiger partial charge in [0.2, 0.25) is 0 Å². The van der Waals surface area contributed by atoms with E-state index in [1.165, 1.54) is 21.2 Å². The first-order chi connectivity index (χ1) is 12.6. The molecule has 0 bridgehead atoms. The summed E-state index contributed by atoms with van der Waals surface area (Å²) in [6.45, 7) is 4.94. The van der Waals surface area contributed by atoms with Crippen LogP contribution in [0.4, 0.5) is 5.69 Å². The van der Waals surface area contributed by atoms with Crippen molar-refractivity contribution in [3.63, 3.8) is 0 Å². The molecular weight excluding hydrogens is 388 g/mol. The lowest BCUT2D eigenvalue weighted by Crippen LogP contribution is -2.31. The molecule has 0 fully saturated rings. The van der Waals surface area contributed by atoms with Crippen LogP contribution in [-0.4, -0.2) is 21.4 Å². The predicted octanol–water partition coefficient (Wildman–Crippen LogP) is 4.36. The maximum atomic E-state index is 5.76. The van der Waals surface area contributed by atoms with Gasteiger partial charge in [-0.15, -0.1) is 0 Å². The van der Waals surface area contributed by atoms with Crippen LogP contribution >= 0.6 is 15.9 Å².